The molecule has 0 saturated carbocycles. The molecule has 0 aliphatic carbocycles. The standard InChI is InChI=1S/C8H15N/c1-4-6-8(5-2)7-9-3/h4-6,9H,7H2,1-3H3/b6-4-,8-5+. The van der Waals surface area contributed by atoms with E-state index < -0.39 is 0 Å². The molecule has 0 rings (SSSR count). The lowest BCUT2D eigenvalue weighted by molar-refractivity contribution is 0.894. The molecule has 1 N–H and O–H groups in total. The Labute approximate surface area is 57.5 Å². The van der Waals surface area contributed by atoms with Crippen molar-refractivity contribution in [3.63, 3.8) is 0 Å². The first-order valence-electron chi connectivity index (χ1n) is 3.27. The van der Waals surface area contributed by atoms with Gasteiger partial charge in [0.15, 0.2) is 0 Å². The van der Waals surface area contributed by atoms with E-state index in [1.165, 1.54) is 5.57 Å². The molecule has 0 aromatic heterocycles. The lowest BCUT2D eigenvalue weighted by atomic mass is 10.2. The van der Waals surface area contributed by atoms with Crippen molar-refractivity contribution in [2.24, 2.45) is 0 Å². The van der Waals surface area contributed by atoms with E-state index in [2.05, 4.69) is 17.5 Å². The molecule has 52 valence electrons. The van der Waals surface area contributed by atoms with Crippen LogP contribution in [-0.2, 0) is 0 Å². The maximum absolute atomic E-state index is 3.08. The number of nitrogens with one attached hydrogen (secondary N) is 1. The summed E-state index contributed by atoms with van der Waals surface area (Å²) in [5, 5.41) is 3.08. The maximum Gasteiger partial charge on any atom is 0.0199 e. The Balaban J connectivity index is 3.70. The van der Waals surface area contributed by atoms with Gasteiger partial charge >= 0.3 is 0 Å². The Morgan fingerprint density at radius 2 is 2.11 bits per heavy atom. The van der Waals surface area contributed by atoms with Crippen molar-refractivity contribution < 1.29 is 0 Å². The molecular formula is C8H15N. The molecule has 0 atom stereocenters. The average Bonchev–Trinajstić information content (AvgIpc) is 1.88. The van der Waals surface area contributed by atoms with Crippen LogP contribution < -0.4 is 5.32 Å². The molecule has 0 aliphatic rings. The van der Waals surface area contributed by atoms with Crippen molar-refractivity contribution in [2.75, 3.05) is 13.6 Å². The van der Waals surface area contributed by atoms with Gasteiger partial charge in [0.25, 0.3) is 0 Å². The fourth-order valence-electron chi connectivity index (χ4n) is 0.675. The van der Waals surface area contributed by atoms with Crippen molar-refractivity contribution in [1.29, 1.82) is 0 Å². The zero-order chi connectivity index (χ0) is 7.11. The van der Waals surface area contributed by atoms with Gasteiger partial charge in [-0.05, 0) is 26.5 Å². The Morgan fingerprint density at radius 1 is 1.44 bits per heavy atom. The summed E-state index contributed by atoms with van der Waals surface area (Å²) in [6.45, 7) is 5.03. The van der Waals surface area contributed by atoms with E-state index in [1.54, 1.807) is 0 Å². The highest BCUT2D eigenvalue weighted by molar-refractivity contribution is 5.18. The Hall–Kier alpha value is -0.560. The lowest BCUT2D eigenvalue weighted by Gasteiger charge is -1.96. The Bertz CT molecular complexity index is 112. The van der Waals surface area contributed by atoms with Crippen molar-refractivity contribution in [1.82, 2.24) is 5.32 Å². The summed E-state index contributed by atoms with van der Waals surface area (Å²) in [6, 6.07) is 0. The number of rotatable bonds is 3. The predicted octanol–water partition coefficient (Wildman–Crippen LogP) is 1.73. The monoisotopic (exact) mass is 125 g/mol. The molecule has 0 spiro atoms. The second-order valence-electron chi connectivity index (χ2n) is 1.89. The Kier molecular flexibility index (Phi) is 5.23. The van der Waals surface area contributed by atoms with Crippen LogP contribution in [0.5, 0.6) is 0 Å². The van der Waals surface area contributed by atoms with Gasteiger partial charge < -0.3 is 5.32 Å². The molecule has 0 amide bonds. The largest absolute Gasteiger partial charge is 0.316 e. The van der Waals surface area contributed by atoms with E-state index in [-0.39, 0.29) is 0 Å². The van der Waals surface area contributed by atoms with Gasteiger partial charge in [-0.3, -0.25) is 0 Å². The van der Waals surface area contributed by atoms with Gasteiger partial charge in [0.2, 0.25) is 0 Å². The van der Waals surface area contributed by atoms with E-state index in [1.807, 2.05) is 27.0 Å². The fraction of sp³-hybridized carbons (Fsp3) is 0.500. The first-order valence-corrected chi connectivity index (χ1v) is 3.27. The van der Waals surface area contributed by atoms with Gasteiger partial charge in [0.05, 0.1) is 0 Å². The predicted molar refractivity (Wildman–Crippen MR) is 42.5 cm³/mol. The van der Waals surface area contributed by atoms with Crippen LogP contribution in [-0.4, -0.2) is 13.6 Å². The third kappa shape index (κ3) is 3.98. The zero-order valence-corrected chi connectivity index (χ0v) is 6.44. The highest BCUT2D eigenvalue weighted by Gasteiger charge is 1.83. The number of hydrogen-bond acceptors (Lipinski definition) is 1. The van der Waals surface area contributed by atoms with Crippen LogP contribution in [0.25, 0.3) is 0 Å². The molecular weight excluding hydrogens is 110 g/mol. The van der Waals surface area contributed by atoms with Crippen molar-refractivity contribution in [3.8, 4) is 0 Å². The van der Waals surface area contributed by atoms with Gasteiger partial charge in [0, 0.05) is 6.54 Å². The molecule has 0 fully saturated rings. The minimum Gasteiger partial charge on any atom is -0.316 e. The van der Waals surface area contributed by atoms with E-state index in [0.29, 0.717) is 0 Å². The van der Waals surface area contributed by atoms with E-state index >= 15 is 0 Å². The summed E-state index contributed by atoms with van der Waals surface area (Å²) in [5.41, 5.74) is 1.33. The molecule has 0 aromatic rings. The molecule has 0 radical (unpaired) electrons. The average molecular weight is 125 g/mol. The molecule has 0 aliphatic heterocycles. The summed E-state index contributed by atoms with van der Waals surface area (Å²) < 4.78 is 0. The van der Waals surface area contributed by atoms with Crippen molar-refractivity contribution in [3.05, 3.63) is 23.8 Å². The first kappa shape index (κ1) is 8.44. The topological polar surface area (TPSA) is 12.0 Å². The van der Waals surface area contributed by atoms with Crippen LogP contribution in [0.15, 0.2) is 23.8 Å². The normalized spacial score (nSPS) is 13.0. The highest BCUT2D eigenvalue weighted by Crippen LogP contribution is 1.92. The number of hydrogen-bond donors (Lipinski definition) is 1. The first-order chi connectivity index (χ1) is 4.35. The van der Waals surface area contributed by atoms with Crippen LogP contribution in [0.4, 0.5) is 0 Å². The quantitative estimate of drug-likeness (QED) is 0.566. The minimum atomic E-state index is 0.959. The van der Waals surface area contributed by atoms with Crippen LogP contribution in [0.3, 0.4) is 0 Å². The van der Waals surface area contributed by atoms with Crippen LogP contribution in [0.1, 0.15) is 13.8 Å². The van der Waals surface area contributed by atoms with E-state index in [4.69, 9.17) is 0 Å². The van der Waals surface area contributed by atoms with Crippen LogP contribution >= 0.6 is 0 Å². The molecule has 0 heterocycles. The SMILES string of the molecule is C/C=C\C(=C/C)CNC. The molecule has 0 unspecified atom stereocenters. The third-order valence-electron chi connectivity index (χ3n) is 1.13. The molecule has 0 bridgehead atoms. The minimum absolute atomic E-state index is 0.959. The van der Waals surface area contributed by atoms with E-state index in [9.17, 15) is 0 Å². The lowest BCUT2D eigenvalue weighted by Crippen LogP contribution is -2.08. The fourth-order valence-corrected chi connectivity index (χ4v) is 0.675. The Morgan fingerprint density at radius 3 is 2.44 bits per heavy atom. The summed E-state index contributed by atoms with van der Waals surface area (Å²) in [4.78, 5) is 0. The summed E-state index contributed by atoms with van der Waals surface area (Å²) >= 11 is 0. The van der Waals surface area contributed by atoms with Gasteiger partial charge in [0.1, 0.15) is 0 Å². The molecule has 0 saturated heterocycles. The van der Waals surface area contributed by atoms with Gasteiger partial charge in [-0.25, -0.2) is 0 Å². The number of likely N-dealkylation sites (N-methyl/N-ethyl adjacent to an activating group) is 1. The van der Waals surface area contributed by atoms with Gasteiger partial charge in [-0.1, -0.05) is 18.2 Å². The molecule has 0 aromatic carbocycles. The zero-order valence-electron chi connectivity index (χ0n) is 6.44. The maximum atomic E-state index is 3.08. The van der Waals surface area contributed by atoms with Crippen LogP contribution in [0, 0.1) is 0 Å². The van der Waals surface area contributed by atoms with Crippen molar-refractivity contribution in [2.45, 2.75) is 13.8 Å². The summed E-state index contributed by atoms with van der Waals surface area (Å²) in [6.07, 6.45) is 6.26. The summed E-state index contributed by atoms with van der Waals surface area (Å²) in [7, 11) is 1.95. The second-order valence-corrected chi connectivity index (χ2v) is 1.89. The third-order valence-corrected chi connectivity index (χ3v) is 1.13. The molecule has 9 heavy (non-hydrogen) atoms. The second kappa shape index (κ2) is 5.57. The smallest absolute Gasteiger partial charge is 0.0199 e. The number of allylic oxidation sites excluding steroid dienone is 2. The highest BCUT2D eigenvalue weighted by atomic mass is 14.8. The molecule has 1 nitrogen and oxygen atoms in total. The molecule has 1 heteroatoms. The van der Waals surface area contributed by atoms with Gasteiger partial charge in [-0.2, -0.15) is 0 Å². The van der Waals surface area contributed by atoms with Gasteiger partial charge in [-0.15, -0.1) is 0 Å². The van der Waals surface area contributed by atoms with Crippen LogP contribution in [0.2, 0.25) is 0 Å². The van der Waals surface area contributed by atoms with Crippen molar-refractivity contribution >= 4 is 0 Å². The van der Waals surface area contributed by atoms with E-state index in [0.717, 1.165) is 6.54 Å². The summed E-state index contributed by atoms with van der Waals surface area (Å²) in [5.74, 6) is 0.